The summed E-state index contributed by atoms with van der Waals surface area (Å²) in [5.41, 5.74) is 1.41. The first-order valence-corrected chi connectivity index (χ1v) is 9.12. The van der Waals surface area contributed by atoms with E-state index in [1.165, 1.54) is 13.8 Å². The normalized spacial score (nSPS) is 11.6. The van der Waals surface area contributed by atoms with Gasteiger partial charge in [0.2, 0.25) is 0 Å². The number of hydrogen-bond acceptors (Lipinski definition) is 5. The Kier molecular flexibility index (Phi) is 7.32. The van der Waals surface area contributed by atoms with Gasteiger partial charge in [-0.2, -0.15) is 0 Å². The lowest BCUT2D eigenvalue weighted by molar-refractivity contribution is -0.123. The van der Waals surface area contributed by atoms with Crippen LogP contribution in [0.4, 0.5) is 5.69 Å². The number of ether oxygens (including phenoxy) is 2. The lowest BCUT2D eigenvalue weighted by Gasteiger charge is -2.14. The van der Waals surface area contributed by atoms with Gasteiger partial charge in [-0.3, -0.25) is 9.59 Å². The minimum absolute atomic E-state index is 0.0548. The number of carbonyl (C=O) groups is 3. The molecule has 0 saturated heterocycles. The van der Waals surface area contributed by atoms with Gasteiger partial charge in [0.15, 0.2) is 11.9 Å². The van der Waals surface area contributed by atoms with Crippen molar-refractivity contribution in [3.63, 3.8) is 0 Å². The zero-order valence-electron chi connectivity index (χ0n) is 16.5. The van der Waals surface area contributed by atoms with E-state index in [-0.39, 0.29) is 5.78 Å². The van der Waals surface area contributed by atoms with Crippen LogP contribution < -0.4 is 10.1 Å². The van der Waals surface area contributed by atoms with Gasteiger partial charge >= 0.3 is 5.97 Å². The standard InChI is InChI=1S/C22H25NO5/c1-14(2)13-27-20-11-7-18(8-12-20)22(26)28-16(4)21(25)23-19-9-5-17(6-10-19)15(3)24/h5-12,14,16H,13H2,1-4H3,(H,23,25)/t16-/m1/s1. The molecule has 0 aliphatic heterocycles. The SMILES string of the molecule is CC(=O)c1ccc(NC(=O)[C@@H](C)OC(=O)c2ccc(OCC(C)C)cc2)cc1. The molecule has 0 fully saturated rings. The number of anilines is 1. The molecule has 6 nitrogen and oxygen atoms in total. The molecule has 28 heavy (non-hydrogen) atoms. The second-order valence-electron chi connectivity index (χ2n) is 6.90. The van der Waals surface area contributed by atoms with Crippen LogP contribution in [0.25, 0.3) is 0 Å². The number of carbonyl (C=O) groups excluding carboxylic acids is 3. The van der Waals surface area contributed by atoms with Crippen LogP contribution in [-0.4, -0.2) is 30.4 Å². The highest BCUT2D eigenvalue weighted by Gasteiger charge is 2.19. The van der Waals surface area contributed by atoms with Gasteiger partial charge in [-0.1, -0.05) is 13.8 Å². The Morgan fingerprint density at radius 2 is 1.46 bits per heavy atom. The smallest absolute Gasteiger partial charge is 0.338 e. The van der Waals surface area contributed by atoms with Crippen LogP contribution >= 0.6 is 0 Å². The van der Waals surface area contributed by atoms with Gasteiger partial charge in [0.25, 0.3) is 5.91 Å². The van der Waals surface area contributed by atoms with E-state index < -0.39 is 18.0 Å². The second-order valence-corrected chi connectivity index (χ2v) is 6.90. The summed E-state index contributed by atoms with van der Waals surface area (Å²) in [6, 6.07) is 13.1. The number of esters is 1. The summed E-state index contributed by atoms with van der Waals surface area (Å²) in [7, 11) is 0. The Balaban J connectivity index is 1.90. The average Bonchev–Trinajstić information content (AvgIpc) is 2.67. The van der Waals surface area contributed by atoms with Crippen LogP contribution in [0, 0.1) is 5.92 Å². The van der Waals surface area contributed by atoms with Crippen molar-refractivity contribution in [3.05, 3.63) is 59.7 Å². The summed E-state index contributed by atoms with van der Waals surface area (Å²) in [6.07, 6.45) is -0.975. The molecule has 0 bridgehead atoms. The Morgan fingerprint density at radius 1 is 0.893 bits per heavy atom. The molecule has 1 N–H and O–H groups in total. The number of nitrogens with one attached hydrogen (secondary N) is 1. The van der Waals surface area contributed by atoms with Crippen LogP contribution in [0.3, 0.4) is 0 Å². The Morgan fingerprint density at radius 3 is 2.00 bits per heavy atom. The Hall–Kier alpha value is -3.15. The molecule has 148 valence electrons. The van der Waals surface area contributed by atoms with E-state index in [1.54, 1.807) is 48.5 Å². The van der Waals surface area contributed by atoms with Crippen molar-refractivity contribution in [2.75, 3.05) is 11.9 Å². The molecule has 0 aromatic heterocycles. The Bertz CT molecular complexity index is 825. The van der Waals surface area contributed by atoms with Crippen molar-refractivity contribution >= 4 is 23.3 Å². The highest BCUT2D eigenvalue weighted by Crippen LogP contribution is 2.15. The second kappa shape index (κ2) is 9.69. The molecule has 2 aromatic rings. The van der Waals surface area contributed by atoms with Crippen LogP contribution in [0.15, 0.2) is 48.5 Å². The number of rotatable bonds is 8. The largest absolute Gasteiger partial charge is 0.493 e. The third-order valence-electron chi connectivity index (χ3n) is 3.89. The summed E-state index contributed by atoms with van der Waals surface area (Å²) >= 11 is 0. The molecule has 0 heterocycles. The summed E-state index contributed by atoms with van der Waals surface area (Å²) in [5, 5.41) is 2.65. The van der Waals surface area contributed by atoms with Crippen LogP contribution in [0.1, 0.15) is 48.4 Å². The molecule has 0 unspecified atom stereocenters. The maximum absolute atomic E-state index is 12.2. The monoisotopic (exact) mass is 383 g/mol. The van der Waals surface area contributed by atoms with Crippen molar-refractivity contribution in [3.8, 4) is 5.75 Å². The first-order chi connectivity index (χ1) is 13.3. The maximum Gasteiger partial charge on any atom is 0.338 e. The molecular formula is C22H25NO5. The molecule has 0 aliphatic rings. The lowest BCUT2D eigenvalue weighted by atomic mass is 10.1. The predicted molar refractivity (Wildman–Crippen MR) is 107 cm³/mol. The quantitative estimate of drug-likeness (QED) is 0.548. The zero-order chi connectivity index (χ0) is 20.7. The Labute approximate surface area is 164 Å². The molecule has 0 aliphatic carbocycles. The lowest BCUT2D eigenvalue weighted by Crippen LogP contribution is -2.30. The van der Waals surface area contributed by atoms with Gasteiger partial charge in [-0.05, 0) is 68.3 Å². The molecule has 1 atom stereocenters. The topological polar surface area (TPSA) is 81.7 Å². The van der Waals surface area contributed by atoms with E-state index in [4.69, 9.17) is 9.47 Å². The minimum Gasteiger partial charge on any atom is -0.493 e. The fourth-order valence-corrected chi connectivity index (χ4v) is 2.26. The fraction of sp³-hybridized carbons (Fsp3) is 0.318. The van der Waals surface area contributed by atoms with Gasteiger partial charge in [-0.15, -0.1) is 0 Å². The number of ketones is 1. The first-order valence-electron chi connectivity index (χ1n) is 9.12. The van der Waals surface area contributed by atoms with E-state index in [0.29, 0.717) is 35.1 Å². The number of Topliss-reactive ketones (excluding diaryl/α,β-unsaturated/α-hetero) is 1. The van der Waals surface area contributed by atoms with E-state index in [9.17, 15) is 14.4 Å². The number of hydrogen-bond donors (Lipinski definition) is 1. The highest BCUT2D eigenvalue weighted by atomic mass is 16.5. The summed E-state index contributed by atoms with van der Waals surface area (Å²) in [4.78, 5) is 35.7. The van der Waals surface area contributed by atoms with E-state index in [2.05, 4.69) is 19.2 Å². The van der Waals surface area contributed by atoms with Gasteiger partial charge in [0.1, 0.15) is 5.75 Å². The number of amides is 1. The van der Waals surface area contributed by atoms with Crippen molar-refractivity contribution < 1.29 is 23.9 Å². The highest BCUT2D eigenvalue weighted by molar-refractivity contribution is 5.98. The predicted octanol–water partition coefficient (Wildman–Crippen LogP) is 4.11. The van der Waals surface area contributed by atoms with Gasteiger partial charge in [0.05, 0.1) is 12.2 Å². The molecule has 0 spiro atoms. The van der Waals surface area contributed by atoms with Crippen LogP contribution in [-0.2, 0) is 9.53 Å². The molecule has 1 amide bonds. The van der Waals surface area contributed by atoms with E-state index in [0.717, 1.165) is 0 Å². The molecule has 2 aromatic carbocycles. The summed E-state index contributed by atoms with van der Waals surface area (Å²) in [6.45, 7) is 7.66. The zero-order valence-corrected chi connectivity index (χ0v) is 16.5. The van der Waals surface area contributed by atoms with Crippen molar-refractivity contribution in [2.24, 2.45) is 5.92 Å². The molecule has 0 radical (unpaired) electrons. The third kappa shape index (κ3) is 6.23. The van der Waals surface area contributed by atoms with E-state index in [1.807, 2.05) is 0 Å². The van der Waals surface area contributed by atoms with Crippen molar-refractivity contribution in [1.82, 2.24) is 0 Å². The minimum atomic E-state index is -0.975. The first kappa shape index (κ1) is 21.2. The molecule has 0 saturated carbocycles. The average molecular weight is 383 g/mol. The van der Waals surface area contributed by atoms with E-state index >= 15 is 0 Å². The van der Waals surface area contributed by atoms with Crippen molar-refractivity contribution in [1.29, 1.82) is 0 Å². The molecule has 6 heteroatoms. The maximum atomic E-state index is 12.2. The fourth-order valence-electron chi connectivity index (χ4n) is 2.26. The van der Waals surface area contributed by atoms with Crippen LogP contribution in [0.5, 0.6) is 5.75 Å². The summed E-state index contributed by atoms with van der Waals surface area (Å²) < 4.78 is 10.8. The molecule has 2 rings (SSSR count). The van der Waals surface area contributed by atoms with Gasteiger partial charge in [-0.25, -0.2) is 4.79 Å². The summed E-state index contributed by atoms with van der Waals surface area (Å²) in [5.74, 6) is -0.0284. The van der Waals surface area contributed by atoms with Crippen molar-refractivity contribution in [2.45, 2.75) is 33.8 Å². The van der Waals surface area contributed by atoms with Gasteiger partial charge < -0.3 is 14.8 Å². The van der Waals surface area contributed by atoms with Crippen LogP contribution in [0.2, 0.25) is 0 Å². The molecular weight excluding hydrogens is 358 g/mol. The third-order valence-corrected chi connectivity index (χ3v) is 3.89. The number of benzene rings is 2. The van der Waals surface area contributed by atoms with Gasteiger partial charge in [0, 0.05) is 11.3 Å².